The molecule has 3 rings (SSSR count). The highest BCUT2D eigenvalue weighted by Gasteiger charge is 2.26. The van der Waals surface area contributed by atoms with Gasteiger partial charge in [-0.3, -0.25) is 5.32 Å². The average Bonchev–Trinajstić information content (AvgIpc) is 2.53. The molecule has 1 aliphatic heterocycles. The van der Waals surface area contributed by atoms with Gasteiger partial charge in [-0.2, -0.15) is 0 Å². The zero-order valence-electron chi connectivity index (χ0n) is 13.6. The monoisotopic (exact) mass is 310 g/mol. The molecule has 0 aromatic heterocycles. The van der Waals surface area contributed by atoms with E-state index in [1.54, 1.807) is 0 Å². The standard InChI is InChI=1S/C19H22N2O2/c1-19(2)17-9-8-16(12-15(17)10-11-20-19)21-18(22)23-13-14-6-4-3-5-7-14/h3-9,12,20H,10-11,13H2,1-2H3,(H,21,22). The van der Waals surface area contributed by atoms with Gasteiger partial charge in [0.25, 0.3) is 0 Å². The number of benzene rings is 2. The summed E-state index contributed by atoms with van der Waals surface area (Å²) in [5.74, 6) is 0. The lowest BCUT2D eigenvalue weighted by atomic mass is 9.85. The number of nitrogens with one attached hydrogen (secondary N) is 2. The van der Waals surface area contributed by atoms with E-state index in [-0.39, 0.29) is 12.1 Å². The molecule has 1 aliphatic rings. The third kappa shape index (κ3) is 3.71. The van der Waals surface area contributed by atoms with Crippen LogP contribution in [0.3, 0.4) is 0 Å². The number of ether oxygens (including phenoxy) is 1. The fraction of sp³-hybridized carbons (Fsp3) is 0.316. The van der Waals surface area contributed by atoms with E-state index in [0.29, 0.717) is 0 Å². The number of hydrogen-bond acceptors (Lipinski definition) is 3. The molecule has 2 N–H and O–H groups in total. The molecule has 0 unspecified atom stereocenters. The maximum atomic E-state index is 11.9. The first kappa shape index (κ1) is 15.6. The van der Waals surface area contributed by atoms with Gasteiger partial charge in [0.1, 0.15) is 6.61 Å². The first-order valence-corrected chi connectivity index (χ1v) is 7.91. The summed E-state index contributed by atoms with van der Waals surface area (Å²) in [6.45, 7) is 5.56. The molecule has 2 aromatic rings. The SMILES string of the molecule is CC1(C)NCCc2cc(NC(=O)OCc3ccccc3)ccc21. The van der Waals surface area contributed by atoms with E-state index in [9.17, 15) is 4.79 Å². The van der Waals surface area contributed by atoms with Crippen molar-refractivity contribution in [2.75, 3.05) is 11.9 Å². The second-order valence-electron chi connectivity index (χ2n) is 6.36. The predicted molar refractivity (Wildman–Crippen MR) is 91.4 cm³/mol. The quantitative estimate of drug-likeness (QED) is 0.906. The molecule has 4 heteroatoms. The first-order chi connectivity index (χ1) is 11.0. The van der Waals surface area contributed by atoms with Crippen molar-refractivity contribution >= 4 is 11.8 Å². The smallest absolute Gasteiger partial charge is 0.411 e. The fourth-order valence-corrected chi connectivity index (χ4v) is 2.97. The molecule has 0 aliphatic carbocycles. The number of rotatable bonds is 3. The fourth-order valence-electron chi connectivity index (χ4n) is 2.97. The van der Waals surface area contributed by atoms with Crippen molar-refractivity contribution in [2.45, 2.75) is 32.4 Å². The summed E-state index contributed by atoms with van der Waals surface area (Å²) in [4.78, 5) is 11.9. The van der Waals surface area contributed by atoms with Gasteiger partial charge in [0.15, 0.2) is 0 Å². The number of carbonyl (C=O) groups is 1. The van der Waals surface area contributed by atoms with E-state index in [2.05, 4.69) is 30.5 Å². The lowest BCUT2D eigenvalue weighted by Crippen LogP contribution is -2.42. The summed E-state index contributed by atoms with van der Waals surface area (Å²) in [7, 11) is 0. The highest BCUT2D eigenvalue weighted by molar-refractivity contribution is 5.84. The topological polar surface area (TPSA) is 50.4 Å². The van der Waals surface area contributed by atoms with E-state index < -0.39 is 6.09 Å². The minimum atomic E-state index is -0.429. The molecule has 0 radical (unpaired) electrons. The molecule has 0 spiro atoms. The van der Waals surface area contributed by atoms with Crippen molar-refractivity contribution in [3.63, 3.8) is 0 Å². The Balaban J connectivity index is 1.63. The number of fused-ring (bicyclic) bond motifs is 1. The molecule has 0 bridgehead atoms. The van der Waals surface area contributed by atoms with Crippen molar-refractivity contribution < 1.29 is 9.53 Å². The Morgan fingerprint density at radius 2 is 2.00 bits per heavy atom. The number of hydrogen-bond donors (Lipinski definition) is 2. The molecule has 1 heterocycles. The van der Waals surface area contributed by atoms with E-state index in [4.69, 9.17) is 4.74 Å². The van der Waals surface area contributed by atoms with Crippen molar-refractivity contribution in [1.29, 1.82) is 0 Å². The van der Waals surface area contributed by atoms with Gasteiger partial charge in [-0.05, 0) is 55.6 Å². The Morgan fingerprint density at radius 1 is 1.22 bits per heavy atom. The van der Waals surface area contributed by atoms with Crippen LogP contribution in [0.1, 0.15) is 30.5 Å². The molecule has 23 heavy (non-hydrogen) atoms. The van der Waals surface area contributed by atoms with Crippen LogP contribution in [-0.2, 0) is 23.3 Å². The van der Waals surface area contributed by atoms with E-state index in [1.165, 1.54) is 11.1 Å². The molecule has 120 valence electrons. The van der Waals surface area contributed by atoms with E-state index in [1.807, 2.05) is 42.5 Å². The van der Waals surface area contributed by atoms with Crippen LogP contribution in [0, 0.1) is 0 Å². The molecule has 0 fully saturated rings. The lowest BCUT2D eigenvalue weighted by molar-refractivity contribution is 0.155. The zero-order chi connectivity index (χ0) is 16.3. The molecule has 1 amide bonds. The van der Waals surface area contributed by atoms with Gasteiger partial charge >= 0.3 is 6.09 Å². The van der Waals surface area contributed by atoms with Gasteiger partial charge in [-0.25, -0.2) is 4.79 Å². The molecular weight excluding hydrogens is 288 g/mol. The van der Waals surface area contributed by atoms with Crippen molar-refractivity contribution in [3.05, 3.63) is 65.2 Å². The van der Waals surface area contributed by atoms with Crippen LogP contribution in [0.5, 0.6) is 0 Å². The van der Waals surface area contributed by atoms with Crippen molar-refractivity contribution in [2.24, 2.45) is 0 Å². The maximum absolute atomic E-state index is 11.9. The van der Waals surface area contributed by atoms with Crippen LogP contribution in [0.4, 0.5) is 10.5 Å². The van der Waals surface area contributed by atoms with Gasteiger partial charge in [0.05, 0.1) is 0 Å². The van der Waals surface area contributed by atoms with Gasteiger partial charge in [-0.15, -0.1) is 0 Å². The van der Waals surface area contributed by atoms with E-state index in [0.717, 1.165) is 24.2 Å². The Morgan fingerprint density at radius 3 is 2.78 bits per heavy atom. The Kier molecular flexibility index (Phi) is 4.35. The van der Waals surface area contributed by atoms with Crippen molar-refractivity contribution in [1.82, 2.24) is 5.32 Å². The predicted octanol–water partition coefficient (Wildman–Crippen LogP) is 3.82. The Labute approximate surface area is 136 Å². The average molecular weight is 310 g/mol. The summed E-state index contributed by atoms with van der Waals surface area (Å²) in [5.41, 5.74) is 4.28. The minimum Gasteiger partial charge on any atom is -0.444 e. The zero-order valence-corrected chi connectivity index (χ0v) is 13.6. The van der Waals surface area contributed by atoms with Crippen molar-refractivity contribution in [3.8, 4) is 0 Å². The first-order valence-electron chi connectivity index (χ1n) is 7.91. The summed E-state index contributed by atoms with van der Waals surface area (Å²) in [5, 5.41) is 6.31. The summed E-state index contributed by atoms with van der Waals surface area (Å²) < 4.78 is 5.25. The molecule has 4 nitrogen and oxygen atoms in total. The van der Waals surface area contributed by atoms with Gasteiger partial charge in [0, 0.05) is 11.2 Å². The summed E-state index contributed by atoms with van der Waals surface area (Å²) in [6.07, 6.45) is 0.537. The third-order valence-corrected chi connectivity index (χ3v) is 4.20. The van der Waals surface area contributed by atoms with Crippen LogP contribution in [-0.4, -0.2) is 12.6 Å². The largest absolute Gasteiger partial charge is 0.444 e. The van der Waals surface area contributed by atoms with E-state index >= 15 is 0 Å². The summed E-state index contributed by atoms with van der Waals surface area (Å²) >= 11 is 0. The molecule has 0 saturated carbocycles. The van der Waals surface area contributed by atoms with Gasteiger partial charge < -0.3 is 10.1 Å². The Bertz CT molecular complexity index is 696. The number of anilines is 1. The lowest BCUT2D eigenvalue weighted by Gasteiger charge is -2.34. The molecule has 2 aromatic carbocycles. The highest BCUT2D eigenvalue weighted by Crippen LogP contribution is 2.29. The van der Waals surface area contributed by atoms with Gasteiger partial charge in [0.2, 0.25) is 0 Å². The molecule has 0 saturated heterocycles. The van der Waals surface area contributed by atoms with Crippen LogP contribution < -0.4 is 10.6 Å². The second-order valence-corrected chi connectivity index (χ2v) is 6.36. The third-order valence-electron chi connectivity index (χ3n) is 4.20. The molecule has 0 atom stereocenters. The normalized spacial score (nSPS) is 15.6. The van der Waals surface area contributed by atoms with Crippen LogP contribution >= 0.6 is 0 Å². The minimum absolute atomic E-state index is 0.0278. The number of amides is 1. The number of carbonyl (C=O) groups excluding carboxylic acids is 1. The van der Waals surface area contributed by atoms with Crippen LogP contribution in [0.25, 0.3) is 0 Å². The van der Waals surface area contributed by atoms with Crippen LogP contribution in [0.2, 0.25) is 0 Å². The second kappa shape index (κ2) is 6.42. The van der Waals surface area contributed by atoms with Crippen LogP contribution in [0.15, 0.2) is 48.5 Å². The maximum Gasteiger partial charge on any atom is 0.411 e. The Hall–Kier alpha value is -2.33. The highest BCUT2D eigenvalue weighted by atomic mass is 16.5. The summed E-state index contributed by atoms with van der Waals surface area (Å²) in [6, 6.07) is 15.7. The molecular formula is C19H22N2O2. The van der Waals surface area contributed by atoms with Gasteiger partial charge in [-0.1, -0.05) is 36.4 Å².